The number of hydrogen-bond donors (Lipinski definition) is 1. The van der Waals surface area contributed by atoms with Crippen LogP contribution in [0.4, 0.5) is 0 Å². The monoisotopic (exact) mass is 472 g/mol. The predicted molar refractivity (Wildman–Crippen MR) is 134 cm³/mol. The number of methoxy groups -OCH3 is 5. The maximum atomic E-state index is 13.3. The first-order valence-electron chi connectivity index (χ1n) is 11.2. The van der Waals surface area contributed by atoms with Crippen LogP contribution in [0, 0.1) is 0 Å². The fourth-order valence-electron chi connectivity index (χ4n) is 3.60. The van der Waals surface area contributed by atoms with Crippen LogP contribution >= 0.6 is 0 Å². The lowest BCUT2D eigenvalue weighted by molar-refractivity contribution is -0.115. The molecule has 2 aromatic rings. The lowest BCUT2D eigenvalue weighted by Crippen LogP contribution is -2.35. The molecule has 0 aliphatic carbocycles. The SMILES string of the molecule is CCN(CC)CCNC(=O)C(=Cc1cc(OC)c(OC)c(OC)c1)c1ccc(OC)c(OC)c1. The standard InChI is InChI=1S/C26H36N2O6/c1-8-28(9-2)13-12-27-26(29)20(19-10-11-21(30-3)22(17-19)31-4)14-18-15-23(32-5)25(34-7)24(16-18)33-6/h10-11,14-17H,8-9,12-13H2,1-7H3,(H,27,29). The summed E-state index contributed by atoms with van der Waals surface area (Å²) in [6.45, 7) is 7.35. The van der Waals surface area contributed by atoms with Gasteiger partial charge >= 0.3 is 0 Å². The van der Waals surface area contributed by atoms with Crippen LogP contribution in [0.2, 0.25) is 0 Å². The van der Waals surface area contributed by atoms with Crippen LogP contribution in [0.3, 0.4) is 0 Å². The fraction of sp³-hybridized carbons (Fsp3) is 0.423. The fourth-order valence-corrected chi connectivity index (χ4v) is 3.60. The van der Waals surface area contributed by atoms with Gasteiger partial charge in [0.15, 0.2) is 23.0 Å². The topological polar surface area (TPSA) is 78.5 Å². The summed E-state index contributed by atoms with van der Waals surface area (Å²) in [5.74, 6) is 2.40. The van der Waals surface area contributed by atoms with E-state index in [2.05, 4.69) is 24.1 Å². The second-order valence-corrected chi connectivity index (χ2v) is 7.37. The molecule has 0 fully saturated rings. The average Bonchev–Trinajstić information content (AvgIpc) is 2.88. The number of carbonyl (C=O) groups excluding carboxylic acids is 1. The second kappa shape index (κ2) is 13.3. The molecule has 1 amide bonds. The molecule has 0 heterocycles. The summed E-state index contributed by atoms with van der Waals surface area (Å²) in [5.41, 5.74) is 1.87. The van der Waals surface area contributed by atoms with E-state index in [0.29, 0.717) is 46.4 Å². The molecular weight excluding hydrogens is 436 g/mol. The minimum Gasteiger partial charge on any atom is -0.493 e. The van der Waals surface area contributed by atoms with Gasteiger partial charge in [-0.1, -0.05) is 19.9 Å². The third-order valence-corrected chi connectivity index (χ3v) is 5.55. The highest BCUT2D eigenvalue weighted by Crippen LogP contribution is 2.39. The smallest absolute Gasteiger partial charge is 0.251 e. The Labute approximate surface area is 202 Å². The van der Waals surface area contributed by atoms with Gasteiger partial charge in [0.2, 0.25) is 5.75 Å². The number of benzene rings is 2. The zero-order valence-electron chi connectivity index (χ0n) is 21.2. The first-order chi connectivity index (χ1) is 16.5. The van der Waals surface area contributed by atoms with Gasteiger partial charge in [-0.3, -0.25) is 4.79 Å². The number of hydrogen-bond acceptors (Lipinski definition) is 7. The molecule has 0 atom stereocenters. The Morgan fingerprint density at radius 2 is 1.41 bits per heavy atom. The molecule has 186 valence electrons. The summed E-state index contributed by atoms with van der Waals surface area (Å²) in [4.78, 5) is 15.6. The van der Waals surface area contributed by atoms with E-state index >= 15 is 0 Å². The number of carbonyl (C=O) groups is 1. The van der Waals surface area contributed by atoms with Crippen molar-refractivity contribution >= 4 is 17.6 Å². The Hall–Kier alpha value is -3.39. The predicted octanol–water partition coefficient (Wildman–Crippen LogP) is 3.73. The van der Waals surface area contributed by atoms with Gasteiger partial charge in [-0.05, 0) is 54.6 Å². The molecule has 0 bridgehead atoms. The minimum atomic E-state index is -0.201. The second-order valence-electron chi connectivity index (χ2n) is 7.37. The summed E-state index contributed by atoms with van der Waals surface area (Å²) in [6.07, 6.45) is 1.79. The van der Waals surface area contributed by atoms with E-state index < -0.39 is 0 Å². The Morgan fingerprint density at radius 1 is 0.824 bits per heavy atom. The number of ether oxygens (including phenoxy) is 5. The molecule has 0 aliphatic heterocycles. The van der Waals surface area contributed by atoms with E-state index in [9.17, 15) is 4.79 Å². The normalized spacial score (nSPS) is 11.2. The summed E-state index contributed by atoms with van der Waals surface area (Å²) in [5, 5.41) is 3.04. The van der Waals surface area contributed by atoms with E-state index in [1.165, 1.54) is 0 Å². The molecule has 0 saturated carbocycles. The van der Waals surface area contributed by atoms with Gasteiger partial charge in [0.25, 0.3) is 5.91 Å². The van der Waals surface area contributed by atoms with E-state index in [4.69, 9.17) is 23.7 Å². The van der Waals surface area contributed by atoms with Gasteiger partial charge in [-0.25, -0.2) is 0 Å². The molecule has 1 N–H and O–H groups in total. The van der Waals surface area contributed by atoms with Crippen molar-refractivity contribution in [2.45, 2.75) is 13.8 Å². The van der Waals surface area contributed by atoms with E-state index in [0.717, 1.165) is 25.2 Å². The van der Waals surface area contributed by atoms with Gasteiger partial charge in [0, 0.05) is 18.7 Å². The van der Waals surface area contributed by atoms with Crippen molar-refractivity contribution in [1.82, 2.24) is 10.2 Å². The van der Waals surface area contributed by atoms with Crippen molar-refractivity contribution < 1.29 is 28.5 Å². The number of rotatable bonds is 13. The molecule has 8 heteroatoms. The Balaban J connectivity index is 2.53. The zero-order chi connectivity index (χ0) is 25.1. The van der Waals surface area contributed by atoms with E-state index in [-0.39, 0.29) is 5.91 Å². The Bertz CT molecular complexity index is 960. The van der Waals surface area contributed by atoms with Crippen LogP contribution in [0.1, 0.15) is 25.0 Å². The lowest BCUT2D eigenvalue weighted by Gasteiger charge is -2.19. The molecule has 0 unspecified atom stereocenters. The lowest BCUT2D eigenvalue weighted by atomic mass is 10.0. The van der Waals surface area contributed by atoms with Gasteiger partial charge in [0.1, 0.15) is 0 Å². The molecule has 0 saturated heterocycles. The van der Waals surface area contributed by atoms with Crippen molar-refractivity contribution in [3.05, 3.63) is 41.5 Å². The van der Waals surface area contributed by atoms with Crippen molar-refractivity contribution in [2.24, 2.45) is 0 Å². The summed E-state index contributed by atoms with van der Waals surface area (Å²) >= 11 is 0. The molecule has 2 aromatic carbocycles. The molecular formula is C26H36N2O6. The first kappa shape index (κ1) is 26.9. The third-order valence-electron chi connectivity index (χ3n) is 5.55. The molecule has 0 aliphatic rings. The Morgan fingerprint density at radius 3 is 1.91 bits per heavy atom. The van der Waals surface area contributed by atoms with Gasteiger partial charge < -0.3 is 33.9 Å². The number of nitrogens with one attached hydrogen (secondary N) is 1. The highest BCUT2D eigenvalue weighted by atomic mass is 16.5. The van der Waals surface area contributed by atoms with Crippen molar-refractivity contribution in [3.8, 4) is 28.7 Å². The van der Waals surface area contributed by atoms with Gasteiger partial charge in [0.05, 0.1) is 35.5 Å². The van der Waals surface area contributed by atoms with Crippen LogP contribution in [-0.2, 0) is 4.79 Å². The van der Waals surface area contributed by atoms with Crippen LogP contribution in [0.15, 0.2) is 30.3 Å². The largest absolute Gasteiger partial charge is 0.493 e. The molecule has 0 spiro atoms. The number of amides is 1. The first-order valence-corrected chi connectivity index (χ1v) is 11.2. The van der Waals surface area contributed by atoms with Crippen LogP contribution < -0.4 is 29.0 Å². The summed E-state index contributed by atoms with van der Waals surface area (Å²) in [7, 11) is 7.80. The number of nitrogens with zero attached hydrogens (tertiary/aromatic N) is 1. The van der Waals surface area contributed by atoms with Crippen LogP contribution in [-0.4, -0.2) is 72.5 Å². The molecule has 0 aromatic heterocycles. The molecule has 8 nitrogen and oxygen atoms in total. The minimum absolute atomic E-state index is 0.201. The maximum Gasteiger partial charge on any atom is 0.251 e. The van der Waals surface area contributed by atoms with Crippen molar-refractivity contribution in [2.75, 3.05) is 61.7 Å². The quantitative estimate of drug-likeness (QED) is 0.352. The van der Waals surface area contributed by atoms with E-state index in [1.54, 1.807) is 65.9 Å². The third kappa shape index (κ3) is 6.57. The van der Waals surface area contributed by atoms with E-state index in [1.807, 2.05) is 6.07 Å². The van der Waals surface area contributed by atoms with Gasteiger partial charge in [-0.15, -0.1) is 0 Å². The molecule has 34 heavy (non-hydrogen) atoms. The van der Waals surface area contributed by atoms with Crippen molar-refractivity contribution in [3.63, 3.8) is 0 Å². The Kier molecular flexibility index (Phi) is 10.5. The maximum absolute atomic E-state index is 13.3. The summed E-state index contributed by atoms with van der Waals surface area (Å²) < 4.78 is 27.2. The molecule has 2 rings (SSSR count). The number of likely N-dealkylation sites (N-methyl/N-ethyl adjacent to an activating group) is 1. The highest BCUT2D eigenvalue weighted by Gasteiger charge is 2.18. The summed E-state index contributed by atoms with van der Waals surface area (Å²) in [6, 6.07) is 8.98. The van der Waals surface area contributed by atoms with Gasteiger partial charge in [-0.2, -0.15) is 0 Å². The average molecular weight is 473 g/mol. The van der Waals surface area contributed by atoms with Crippen molar-refractivity contribution in [1.29, 1.82) is 0 Å². The van der Waals surface area contributed by atoms with Crippen LogP contribution in [0.5, 0.6) is 28.7 Å². The zero-order valence-corrected chi connectivity index (χ0v) is 21.2. The highest BCUT2D eigenvalue weighted by molar-refractivity contribution is 6.24. The van der Waals surface area contributed by atoms with Crippen LogP contribution in [0.25, 0.3) is 11.6 Å². The molecule has 0 radical (unpaired) electrons.